The minimum absolute atomic E-state index is 0. The summed E-state index contributed by atoms with van der Waals surface area (Å²) in [5.41, 5.74) is 4.89. The van der Waals surface area contributed by atoms with Crippen LogP contribution in [0.15, 0.2) is 36.4 Å². The molecule has 0 atom stereocenters. The van der Waals surface area contributed by atoms with Gasteiger partial charge in [-0.25, -0.2) is 0 Å². The Morgan fingerprint density at radius 3 is 1.50 bits per heavy atom. The SMILES string of the molecule is CC(=O)NC(N)=S.O.c1ccccc1. The molecule has 0 aliphatic heterocycles. The third kappa shape index (κ3) is 13.2. The molecule has 0 saturated heterocycles. The molecule has 1 aromatic carbocycles. The second-order valence-electron chi connectivity index (χ2n) is 2.20. The van der Waals surface area contributed by atoms with Crippen molar-refractivity contribution in [2.75, 3.05) is 0 Å². The first kappa shape index (κ1) is 15.0. The van der Waals surface area contributed by atoms with Crippen LogP contribution >= 0.6 is 12.2 Å². The van der Waals surface area contributed by atoms with Gasteiger partial charge in [0.15, 0.2) is 5.11 Å². The summed E-state index contributed by atoms with van der Waals surface area (Å²) in [6.07, 6.45) is 0. The van der Waals surface area contributed by atoms with Gasteiger partial charge < -0.3 is 16.5 Å². The van der Waals surface area contributed by atoms with Crippen molar-refractivity contribution in [1.82, 2.24) is 5.32 Å². The van der Waals surface area contributed by atoms with Crippen LogP contribution in [0.25, 0.3) is 0 Å². The van der Waals surface area contributed by atoms with Crippen LogP contribution in [-0.4, -0.2) is 16.5 Å². The van der Waals surface area contributed by atoms with Crippen molar-refractivity contribution in [3.63, 3.8) is 0 Å². The van der Waals surface area contributed by atoms with Crippen molar-refractivity contribution in [3.05, 3.63) is 36.4 Å². The lowest BCUT2D eigenvalue weighted by Gasteiger charge is -1.92. The minimum atomic E-state index is -0.229. The largest absolute Gasteiger partial charge is 0.412 e. The molecule has 1 rings (SSSR count). The third-order valence-corrected chi connectivity index (χ3v) is 1.07. The van der Waals surface area contributed by atoms with E-state index in [4.69, 9.17) is 5.73 Å². The van der Waals surface area contributed by atoms with Gasteiger partial charge in [0.2, 0.25) is 5.91 Å². The molecule has 4 nitrogen and oxygen atoms in total. The molecule has 1 amide bonds. The Balaban J connectivity index is 0. The van der Waals surface area contributed by atoms with Gasteiger partial charge in [-0.15, -0.1) is 0 Å². The van der Waals surface area contributed by atoms with E-state index in [1.165, 1.54) is 6.92 Å². The summed E-state index contributed by atoms with van der Waals surface area (Å²) < 4.78 is 0. The molecule has 0 spiro atoms. The van der Waals surface area contributed by atoms with Gasteiger partial charge in [0.05, 0.1) is 0 Å². The minimum Gasteiger partial charge on any atom is -0.412 e. The smallest absolute Gasteiger partial charge is 0.222 e. The molecule has 78 valence electrons. The summed E-state index contributed by atoms with van der Waals surface area (Å²) in [5.74, 6) is -0.229. The van der Waals surface area contributed by atoms with Gasteiger partial charge in [-0.3, -0.25) is 4.79 Å². The number of hydrogen-bond donors (Lipinski definition) is 2. The van der Waals surface area contributed by atoms with Crippen LogP contribution < -0.4 is 11.1 Å². The molecule has 0 bridgehead atoms. The topological polar surface area (TPSA) is 86.6 Å². The number of amides is 1. The monoisotopic (exact) mass is 214 g/mol. The van der Waals surface area contributed by atoms with Crippen LogP contribution in [0, 0.1) is 0 Å². The van der Waals surface area contributed by atoms with Crippen molar-refractivity contribution in [2.24, 2.45) is 5.73 Å². The molecular weight excluding hydrogens is 200 g/mol. The van der Waals surface area contributed by atoms with Crippen LogP contribution in [0.1, 0.15) is 6.92 Å². The number of rotatable bonds is 0. The summed E-state index contributed by atoms with van der Waals surface area (Å²) in [6, 6.07) is 12.0. The second kappa shape index (κ2) is 9.63. The van der Waals surface area contributed by atoms with Crippen LogP contribution in [-0.2, 0) is 4.79 Å². The first-order valence-electron chi connectivity index (χ1n) is 3.70. The standard InChI is InChI=1S/C6H6.C3H6N2OS.H2O/c1-2-4-6-5-3-1;1-2(6)5-3(4)7;/h1-6H;1H3,(H3,4,5,6,7);1H2. The number of benzene rings is 1. The number of carbonyl (C=O) groups excluding carboxylic acids is 1. The van der Waals surface area contributed by atoms with Gasteiger partial charge in [0.25, 0.3) is 0 Å². The van der Waals surface area contributed by atoms with E-state index in [0.29, 0.717) is 0 Å². The van der Waals surface area contributed by atoms with Gasteiger partial charge in [-0.05, 0) is 12.2 Å². The van der Waals surface area contributed by atoms with Crippen molar-refractivity contribution in [2.45, 2.75) is 6.92 Å². The second-order valence-corrected chi connectivity index (χ2v) is 2.64. The molecule has 5 N–H and O–H groups in total. The lowest BCUT2D eigenvalue weighted by atomic mass is 10.4. The summed E-state index contributed by atoms with van der Waals surface area (Å²) in [7, 11) is 0. The molecule has 0 aromatic heterocycles. The van der Waals surface area contributed by atoms with Crippen LogP contribution in [0.3, 0.4) is 0 Å². The highest BCUT2D eigenvalue weighted by Crippen LogP contribution is 1.79. The molecule has 0 aliphatic rings. The molecule has 0 heterocycles. The molecule has 14 heavy (non-hydrogen) atoms. The van der Waals surface area contributed by atoms with E-state index in [1.54, 1.807) is 0 Å². The maximum absolute atomic E-state index is 9.98. The fourth-order valence-electron chi connectivity index (χ4n) is 0.558. The van der Waals surface area contributed by atoms with Gasteiger partial charge in [-0.1, -0.05) is 36.4 Å². The molecule has 0 saturated carbocycles. The summed E-state index contributed by atoms with van der Waals surface area (Å²) in [5, 5.41) is 2.20. The molecule has 5 heteroatoms. The van der Waals surface area contributed by atoms with Crippen molar-refractivity contribution >= 4 is 23.2 Å². The fraction of sp³-hybridized carbons (Fsp3) is 0.111. The zero-order chi connectivity index (χ0) is 10.1. The lowest BCUT2D eigenvalue weighted by molar-refractivity contribution is -0.117. The maximum Gasteiger partial charge on any atom is 0.222 e. The Kier molecular flexibility index (Phi) is 10.3. The Hall–Kier alpha value is -1.46. The molecule has 0 radical (unpaired) electrons. The zero-order valence-corrected chi connectivity index (χ0v) is 8.67. The van der Waals surface area contributed by atoms with E-state index < -0.39 is 0 Å². The van der Waals surface area contributed by atoms with E-state index in [0.717, 1.165) is 0 Å². The number of nitrogens with two attached hydrogens (primary N) is 1. The van der Waals surface area contributed by atoms with Crippen LogP contribution in [0.5, 0.6) is 0 Å². The van der Waals surface area contributed by atoms with Crippen molar-refractivity contribution in [3.8, 4) is 0 Å². The van der Waals surface area contributed by atoms with Crippen LogP contribution in [0.2, 0.25) is 0 Å². The predicted molar refractivity (Wildman–Crippen MR) is 60.7 cm³/mol. The highest BCUT2D eigenvalue weighted by Gasteiger charge is 1.87. The van der Waals surface area contributed by atoms with E-state index >= 15 is 0 Å². The highest BCUT2D eigenvalue weighted by atomic mass is 32.1. The molecular formula is C9H14N2O2S. The van der Waals surface area contributed by atoms with Gasteiger partial charge in [0.1, 0.15) is 0 Å². The van der Waals surface area contributed by atoms with Crippen molar-refractivity contribution in [1.29, 1.82) is 0 Å². The van der Waals surface area contributed by atoms with E-state index in [2.05, 4.69) is 17.5 Å². The molecule has 0 fully saturated rings. The predicted octanol–water partition coefficient (Wildman–Crippen LogP) is 0.228. The van der Waals surface area contributed by atoms with E-state index in [-0.39, 0.29) is 16.5 Å². The quantitative estimate of drug-likeness (QED) is 0.606. The Morgan fingerprint density at radius 1 is 1.14 bits per heavy atom. The van der Waals surface area contributed by atoms with Gasteiger partial charge >= 0.3 is 0 Å². The van der Waals surface area contributed by atoms with E-state index in [9.17, 15) is 4.79 Å². The molecule has 0 aliphatic carbocycles. The number of hydrogen-bond acceptors (Lipinski definition) is 2. The van der Waals surface area contributed by atoms with Crippen molar-refractivity contribution < 1.29 is 10.3 Å². The Morgan fingerprint density at radius 2 is 1.43 bits per heavy atom. The first-order chi connectivity index (χ1) is 6.13. The average Bonchev–Trinajstić information content (AvgIpc) is 2.06. The molecule has 0 unspecified atom stereocenters. The number of carbonyl (C=O) groups is 1. The third-order valence-electron chi connectivity index (χ3n) is 0.966. The number of nitrogens with one attached hydrogen (secondary N) is 1. The highest BCUT2D eigenvalue weighted by molar-refractivity contribution is 7.80. The average molecular weight is 214 g/mol. The Labute approximate surface area is 88.4 Å². The summed E-state index contributed by atoms with van der Waals surface area (Å²) in [4.78, 5) is 9.98. The summed E-state index contributed by atoms with van der Waals surface area (Å²) in [6.45, 7) is 1.35. The van der Waals surface area contributed by atoms with Gasteiger partial charge in [0, 0.05) is 6.92 Å². The van der Waals surface area contributed by atoms with E-state index in [1.807, 2.05) is 36.4 Å². The first-order valence-corrected chi connectivity index (χ1v) is 4.11. The molecule has 1 aromatic rings. The maximum atomic E-state index is 9.98. The number of thiocarbonyl (C=S) groups is 1. The van der Waals surface area contributed by atoms with Crippen LogP contribution in [0.4, 0.5) is 0 Å². The van der Waals surface area contributed by atoms with Gasteiger partial charge in [-0.2, -0.15) is 0 Å². The fourth-order valence-corrected chi connectivity index (χ4v) is 0.702. The summed E-state index contributed by atoms with van der Waals surface area (Å²) >= 11 is 4.32. The zero-order valence-electron chi connectivity index (χ0n) is 7.86. The normalized spacial score (nSPS) is 7.21. The lowest BCUT2D eigenvalue weighted by Crippen LogP contribution is -2.32. The Bertz CT molecular complexity index is 226.